The number of nitrogens with zero attached hydrogens (tertiary/aromatic N) is 2. The highest BCUT2D eigenvalue weighted by atomic mass is 32.2. The first-order chi connectivity index (χ1) is 9.26. The maximum absolute atomic E-state index is 4.44. The van der Waals surface area contributed by atoms with Crippen LogP contribution in [-0.2, 0) is 6.42 Å². The Kier molecular flexibility index (Phi) is 4.80. The molecule has 100 valence electrons. The highest BCUT2D eigenvalue weighted by Gasteiger charge is 2.11. The average Bonchev–Trinajstić information content (AvgIpc) is 2.42. The molecule has 0 radical (unpaired) electrons. The first-order valence-corrected chi connectivity index (χ1v) is 7.39. The largest absolute Gasteiger partial charge is 0.370 e. The van der Waals surface area contributed by atoms with Gasteiger partial charge in [0.1, 0.15) is 17.2 Å². The summed E-state index contributed by atoms with van der Waals surface area (Å²) in [5, 5.41) is 4.35. The lowest BCUT2D eigenvalue weighted by atomic mass is 10.2. The van der Waals surface area contributed by atoms with E-state index in [9.17, 15) is 0 Å². The van der Waals surface area contributed by atoms with Crippen LogP contribution < -0.4 is 5.32 Å². The summed E-state index contributed by atoms with van der Waals surface area (Å²) in [5.41, 5.74) is 2.47. The average molecular weight is 273 g/mol. The van der Waals surface area contributed by atoms with Crippen molar-refractivity contribution in [3.63, 3.8) is 0 Å². The topological polar surface area (TPSA) is 37.8 Å². The number of aromatic nitrogens is 2. The fourth-order valence-corrected chi connectivity index (χ4v) is 2.95. The van der Waals surface area contributed by atoms with Crippen LogP contribution in [0.25, 0.3) is 0 Å². The number of anilines is 1. The highest BCUT2D eigenvalue weighted by molar-refractivity contribution is 7.99. The van der Waals surface area contributed by atoms with Crippen molar-refractivity contribution in [2.24, 2.45) is 0 Å². The zero-order valence-electron chi connectivity index (χ0n) is 11.6. The molecule has 1 heterocycles. The fourth-order valence-electron chi connectivity index (χ4n) is 1.90. The Balaban J connectivity index is 2.35. The molecule has 0 fully saturated rings. The summed E-state index contributed by atoms with van der Waals surface area (Å²) in [6, 6.07) is 8.38. The minimum absolute atomic E-state index is 0.873. The smallest absolute Gasteiger partial charge is 0.133 e. The summed E-state index contributed by atoms with van der Waals surface area (Å²) in [6.07, 6.45) is 2.56. The Morgan fingerprint density at radius 3 is 2.63 bits per heavy atom. The van der Waals surface area contributed by atoms with E-state index in [4.69, 9.17) is 0 Å². The van der Waals surface area contributed by atoms with E-state index >= 15 is 0 Å². The second kappa shape index (κ2) is 6.57. The van der Waals surface area contributed by atoms with E-state index in [0.29, 0.717) is 0 Å². The molecule has 1 aromatic heterocycles. The molecule has 1 N–H and O–H groups in total. The predicted molar refractivity (Wildman–Crippen MR) is 80.9 cm³/mol. The summed E-state index contributed by atoms with van der Waals surface area (Å²) in [5.74, 6) is 0.955. The molecular weight excluding hydrogens is 254 g/mol. The van der Waals surface area contributed by atoms with Crippen molar-refractivity contribution in [3.8, 4) is 0 Å². The summed E-state index contributed by atoms with van der Waals surface area (Å²) < 4.78 is 0. The van der Waals surface area contributed by atoms with Crippen LogP contribution >= 0.6 is 11.8 Å². The normalized spacial score (nSPS) is 10.5. The van der Waals surface area contributed by atoms with Gasteiger partial charge in [-0.2, -0.15) is 0 Å². The van der Waals surface area contributed by atoms with Gasteiger partial charge < -0.3 is 5.32 Å². The van der Waals surface area contributed by atoms with Crippen LogP contribution in [-0.4, -0.2) is 16.5 Å². The second-order valence-electron chi connectivity index (χ2n) is 4.26. The number of nitrogens with one attached hydrogen (secondary N) is 1. The third-order valence-corrected chi connectivity index (χ3v) is 4.13. The number of benzene rings is 1. The van der Waals surface area contributed by atoms with Gasteiger partial charge in [-0.3, -0.25) is 0 Å². The van der Waals surface area contributed by atoms with Gasteiger partial charge in [0.25, 0.3) is 0 Å². The molecule has 2 aromatic rings. The van der Waals surface area contributed by atoms with E-state index in [1.165, 1.54) is 16.0 Å². The predicted octanol–water partition coefficient (Wildman–Crippen LogP) is 3.93. The van der Waals surface area contributed by atoms with Gasteiger partial charge in [-0.15, -0.1) is 0 Å². The summed E-state index contributed by atoms with van der Waals surface area (Å²) in [7, 11) is 0. The van der Waals surface area contributed by atoms with Crippen LogP contribution in [0.3, 0.4) is 0 Å². The van der Waals surface area contributed by atoms with Crippen LogP contribution in [0.5, 0.6) is 0 Å². The van der Waals surface area contributed by atoms with Crippen molar-refractivity contribution >= 4 is 17.6 Å². The van der Waals surface area contributed by atoms with Gasteiger partial charge in [0.15, 0.2) is 0 Å². The molecule has 0 saturated heterocycles. The zero-order valence-corrected chi connectivity index (χ0v) is 12.4. The summed E-state index contributed by atoms with van der Waals surface area (Å²) in [4.78, 5) is 10.0. The molecule has 2 rings (SSSR count). The molecule has 0 amide bonds. The van der Waals surface area contributed by atoms with Crippen molar-refractivity contribution < 1.29 is 0 Å². The van der Waals surface area contributed by atoms with E-state index in [-0.39, 0.29) is 0 Å². The first kappa shape index (κ1) is 13.9. The maximum atomic E-state index is 4.44. The molecule has 0 atom stereocenters. The molecule has 0 saturated carbocycles. The van der Waals surface area contributed by atoms with Crippen molar-refractivity contribution in [3.05, 3.63) is 41.7 Å². The molecular formula is C15H19N3S. The van der Waals surface area contributed by atoms with Crippen molar-refractivity contribution in [2.45, 2.75) is 37.1 Å². The minimum Gasteiger partial charge on any atom is -0.370 e. The Morgan fingerprint density at radius 2 is 1.95 bits per heavy atom. The van der Waals surface area contributed by atoms with Crippen molar-refractivity contribution in [1.82, 2.24) is 9.97 Å². The van der Waals surface area contributed by atoms with Crippen LogP contribution in [0.1, 0.15) is 25.0 Å². The van der Waals surface area contributed by atoms with Gasteiger partial charge in [0.05, 0.1) is 0 Å². The number of hydrogen-bond acceptors (Lipinski definition) is 4. The van der Waals surface area contributed by atoms with E-state index in [2.05, 4.69) is 60.3 Å². The van der Waals surface area contributed by atoms with E-state index in [1.807, 2.05) is 0 Å². The SMILES string of the molecule is CCNc1ncnc(Sc2ccccc2C)c1CC. The maximum Gasteiger partial charge on any atom is 0.133 e. The molecule has 0 bridgehead atoms. The third-order valence-electron chi connectivity index (χ3n) is 2.90. The second-order valence-corrected chi connectivity index (χ2v) is 5.29. The Bertz CT molecular complexity index is 555. The van der Waals surface area contributed by atoms with Crippen LogP contribution in [0, 0.1) is 6.92 Å². The van der Waals surface area contributed by atoms with Crippen LogP contribution in [0.4, 0.5) is 5.82 Å². The van der Waals surface area contributed by atoms with Crippen LogP contribution in [0.2, 0.25) is 0 Å². The summed E-state index contributed by atoms with van der Waals surface area (Å²) in [6.45, 7) is 7.22. The molecule has 3 nitrogen and oxygen atoms in total. The van der Waals surface area contributed by atoms with Gasteiger partial charge in [-0.1, -0.05) is 36.9 Å². The molecule has 1 aromatic carbocycles. The third kappa shape index (κ3) is 3.26. The Hall–Kier alpha value is -1.55. The minimum atomic E-state index is 0.873. The number of rotatable bonds is 5. The standard InChI is InChI=1S/C15H19N3S/c1-4-12-14(16-5-2)17-10-18-15(12)19-13-9-7-6-8-11(13)3/h6-10H,4-5H2,1-3H3,(H,16,17,18). The lowest BCUT2D eigenvalue weighted by molar-refractivity contribution is 0.937. The molecule has 0 spiro atoms. The van der Waals surface area contributed by atoms with Gasteiger partial charge >= 0.3 is 0 Å². The van der Waals surface area contributed by atoms with E-state index < -0.39 is 0 Å². The number of hydrogen-bond donors (Lipinski definition) is 1. The molecule has 4 heteroatoms. The Labute approximate surface area is 118 Å². The van der Waals surface area contributed by atoms with Gasteiger partial charge in [0, 0.05) is 17.0 Å². The zero-order chi connectivity index (χ0) is 13.7. The number of aryl methyl sites for hydroxylation is 1. The van der Waals surface area contributed by atoms with Crippen LogP contribution in [0.15, 0.2) is 40.5 Å². The monoisotopic (exact) mass is 273 g/mol. The van der Waals surface area contributed by atoms with Gasteiger partial charge in [0.2, 0.25) is 0 Å². The fraction of sp³-hybridized carbons (Fsp3) is 0.333. The highest BCUT2D eigenvalue weighted by Crippen LogP contribution is 2.33. The van der Waals surface area contributed by atoms with E-state index in [1.54, 1.807) is 18.1 Å². The molecule has 19 heavy (non-hydrogen) atoms. The summed E-state index contributed by atoms with van der Waals surface area (Å²) >= 11 is 1.71. The van der Waals surface area contributed by atoms with Crippen molar-refractivity contribution in [2.75, 3.05) is 11.9 Å². The van der Waals surface area contributed by atoms with Gasteiger partial charge in [-0.05, 0) is 31.9 Å². The first-order valence-electron chi connectivity index (χ1n) is 6.57. The molecule has 0 aliphatic heterocycles. The lowest BCUT2D eigenvalue weighted by Crippen LogP contribution is -2.05. The van der Waals surface area contributed by atoms with Gasteiger partial charge in [-0.25, -0.2) is 9.97 Å². The van der Waals surface area contributed by atoms with Crippen molar-refractivity contribution in [1.29, 1.82) is 0 Å². The van der Waals surface area contributed by atoms with E-state index in [0.717, 1.165) is 23.8 Å². The molecule has 0 unspecified atom stereocenters. The quantitative estimate of drug-likeness (QED) is 0.838. The molecule has 0 aliphatic carbocycles. The molecule has 0 aliphatic rings. The Morgan fingerprint density at radius 1 is 1.16 bits per heavy atom. The lowest BCUT2D eigenvalue weighted by Gasteiger charge is -2.12.